The van der Waals surface area contributed by atoms with Crippen LogP contribution in [0, 0.1) is 0 Å². The van der Waals surface area contributed by atoms with Crippen LogP contribution in [0.2, 0.25) is 0 Å². The highest BCUT2D eigenvalue weighted by molar-refractivity contribution is 7.92. The summed E-state index contributed by atoms with van der Waals surface area (Å²) < 4.78 is 25.9. The first-order chi connectivity index (χ1) is 8.96. The molecule has 0 unspecified atom stereocenters. The van der Waals surface area contributed by atoms with Crippen molar-refractivity contribution < 1.29 is 8.42 Å². The van der Waals surface area contributed by atoms with Gasteiger partial charge in [0, 0.05) is 19.7 Å². The van der Waals surface area contributed by atoms with E-state index in [2.05, 4.69) is 15.0 Å². The van der Waals surface area contributed by atoms with E-state index in [9.17, 15) is 8.42 Å². The van der Waals surface area contributed by atoms with E-state index in [1.807, 2.05) is 6.92 Å². The van der Waals surface area contributed by atoms with Crippen molar-refractivity contribution in [1.29, 1.82) is 0 Å². The van der Waals surface area contributed by atoms with Crippen LogP contribution in [0.3, 0.4) is 0 Å². The SMILES string of the molecule is CCc1ncc(S(=O)(=O)N(C)c2ccncc2N)[nH]1. The van der Waals surface area contributed by atoms with Crippen LogP contribution >= 0.6 is 0 Å². The van der Waals surface area contributed by atoms with Crippen molar-refractivity contribution >= 4 is 21.4 Å². The fourth-order valence-electron chi connectivity index (χ4n) is 1.62. The van der Waals surface area contributed by atoms with Crippen molar-refractivity contribution in [3.05, 3.63) is 30.5 Å². The highest BCUT2D eigenvalue weighted by Gasteiger charge is 2.24. The molecule has 102 valence electrons. The molecular weight excluding hydrogens is 266 g/mol. The fourth-order valence-corrected chi connectivity index (χ4v) is 2.77. The fraction of sp³-hybridized carbons (Fsp3) is 0.273. The lowest BCUT2D eigenvalue weighted by Crippen LogP contribution is -2.27. The third kappa shape index (κ3) is 2.39. The Morgan fingerprint density at radius 3 is 2.74 bits per heavy atom. The molecule has 19 heavy (non-hydrogen) atoms. The number of nitrogens with two attached hydrogens (primary N) is 1. The summed E-state index contributed by atoms with van der Waals surface area (Å²) in [4.78, 5) is 10.6. The summed E-state index contributed by atoms with van der Waals surface area (Å²) in [5, 5.41) is 0.0445. The van der Waals surface area contributed by atoms with Crippen LogP contribution in [-0.4, -0.2) is 30.4 Å². The number of rotatable bonds is 4. The third-order valence-electron chi connectivity index (χ3n) is 2.75. The summed E-state index contributed by atoms with van der Waals surface area (Å²) in [6.45, 7) is 1.89. The molecular formula is C11H15N5O2S. The molecule has 0 saturated carbocycles. The van der Waals surface area contributed by atoms with Gasteiger partial charge < -0.3 is 10.7 Å². The number of nitrogens with zero attached hydrogens (tertiary/aromatic N) is 3. The molecule has 0 saturated heterocycles. The minimum atomic E-state index is -3.70. The second kappa shape index (κ2) is 4.88. The second-order valence-electron chi connectivity index (χ2n) is 3.95. The largest absolute Gasteiger partial charge is 0.396 e. The molecule has 0 aliphatic carbocycles. The number of pyridine rings is 1. The molecule has 0 atom stereocenters. The molecule has 0 radical (unpaired) electrons. The number of aryl methyl sites for hydroxylation is 1. The van der Waals surface area contributed by atoms with E-state index in [4.69, 9.17) is 5.73 Å². The molecule has 0 aliphatic heterocycles. The lowest BCUT2D eigenvalue weighted by molar-refractivity contribution is 0.591. The molecule has 0 amide bonds. The second-order valence-corrected chi connectivity index (χ2v) is 5.89. The van der Waals surface area contributed by atoms with Gasteiger partial charge in [0.1, 0.15) is 5.82 Å². The van der Waals surface area contributed by atoms with E-state index in [1.54, 1.807) is 6.07 Å². The number of aromatic nitrogens is 3. The number of aromatic amines is 1. The van der Waals surface area contributed by atoms with Gasteiger partial charge in [-0.2, -0.15) is 8.42 Å². The van der Waals surface area contributed by atoms with Gasteiger partial charge in [0.15, 0.2) is 5.03 Å². The van der Waals surface area contributed by atoms with E-state index in [0.717, 1.165) is 4.31 Å². The Morgan fingerprint density at radius 2 is 2.16 bits per heavy atom. The maximum absolute atomic E-state index is 12.4. The zero-order valence-corrected chi connectivity index (χ0v) is 11.5. The Kier molecular flexibility index (Phi) is 3.43. The molecule has 0 aliphatic rings. The molecule has 2 heterocycles. The number of hydrogen-bond acceptors (Lipinski definition) is 5. The summed E-state index contributed by atoms with van der Waals surface area (Å²) in [7, 11) is -2.26. The predicted molar refractivity (Wildman–Crippen MR) is 72.2 cm³/mol. The van der Waals surface area contributed by atoms with Gasteiger partial charge in [0.25, 0.3) is 10.0 Å². The number of imidazole rings is 1. The molecule has 8 heteroatoms. The van der Waals surface area contributed by atoms with Crippen LogP contribution in [0.15, 0.2) is 29.7 Å². The number of nitrogen functional groups attached to an aromatic ring is 1. The summed E-state index contributed by atoms with van der Waals surface area (Å²) in [5.74, 6) is 0.620. The monoisotopic (exact) mass is 281 g/mol. The minimum Gasteiger partial charge on any atom is -0.396 e. The van der Waals surface area contributed by atoms with Crippen LogP contribution in [0.1, 0.15) is 12.7 Å². The molecule has 3 N–H and O–H groups in total. The van der Waals surface area contributed by atoms with Gasteiger partial charge in [-0.1, -0.05) is 6.92 Å². The van der Waals surface area contributed by atoms with Crippen molar-refractivity contribution in [2.75, 3.05) is 17.1 Å². The normalized spacial score (nSPS) is 11.5. The summed E-state index contributed by atoms with van der Waals surface area (Å²) in [6, 6.07) is 1.55. The van der Waals surface area contributed by atoms with Crippen LogP contribution in [0.4, 0.5) is 11.4 Å². The topological polar surface area (TPSA) is 105 Å². The van der Waals surface area contributed by atoms with Gasteiger partial charge >= 0.3 is 0 Å². The van der Waals surface area contributed by atoms with E-state index >= 15 is 0 Å². The minimum absolute atomic E-state index is 0.0445. The van der Waals surface area contributed by atoms with E-state index in [0.29, 0.717) is 23.6 Å². The van der Waals surface area contributed by atoms with Crippen LogP contribution in [0.5, 0.6) is 0 Å². The summed E-state index contributed by atoms with van der Waals surface area (Å²) in [6.07, 6.45) is 4.84. The third-order valence-corrected chi connectivity index (χ3v) is 4.43. The van der Waals surface area contributed by atoms with Gasteiger partial charge in [-0.25, -0.2) is 4.98 Å². The molecule has 0 spiro atoms. The van der Waals surface area contributed by atoms with Gasteiger partial charge in [-0.15, -0.1) is 0 Å². The van der Waals surface area contributed by atoms with Crippen molar-refractivity contribution in [3.8, 4) is 0 Å². The van der Waals surface area contributed by atoms with Crippen LogP contribution in [-0.2, 0) is 16.4 Å². The Morgan fingerprint density at radius 1 is 1.42 bits per heavy atom. The number of nitrogens with one attached hydrogen (secondary N) is 1. The molecule has 2 rings (SSSR count). The van der Waals surface area contributed by atoms with Crippen molar-refractivity contribution in [2.24, 2.45) is 0 Å². The highest BCUT2D eigenvalue weighted by atomic mass is 32.2. The molecule has 2 aromatic rings. The van der Waals surface area contributed by atoms with E-state index in [-0.39, 0.29) is 5.03 Å². The maximum Gasteiger partial charge on any atom is 0.281 e. The molecule has 2 aromatic heterocycles. The Hall–Kier alpha value is -2.09. The first-order valence-corrected chi connectivity index (χ1v) is 7.13. The Labute approximate surface area is 111 Å². The van der Waals surface area contributed by atoms with E-state index < -0.39 is 10.0 Å². The average Bonchev–Trinajstić information content (AvgIpc) is 2.88. The summed E-state index contributed by atoms with van der Waals surface area (Å²) >= 11 is 0. The molecule has 7 nitrogen and oxygen atoms in total. The Balaban J connectivity index is 2.42. The smallest absolute Gasteiger partial charge is 0.281 e. The van der Waals surface area contributed by atoms with Crippen molar-refractivity contribution in [1.82, 2.24) is 15.0 Å². The van der Waals surface area contributed by atoms with Crippen molar-refractivity contribution in [2.45, 2.75) is 18.4 Å². The average molecular weight is 281 g/mol. The number of H-pyrrole nitrogens is 1. The predicted octanol–water partition coefficient (Wildman–Crippen LogP) is 0.774. The first kappa shape index (κ1) is 13.3. The van der Waals surface area contributed by atoms with Gasteiger partial charge in [0.05, 0.1) is 23.8 Å². The van der Waals surface area contributed by atoms with Gasteiger partial charge in [-0.3, -0.25) is 9.29 Å². The van der Waals surface area contributed by atoms with Crippen LogP contribution in [0.25, 0.3) is 0 Å². The van der Waals surface area contributed by atoms with Gasteiger partial charge in [-0.05, 0) is 6.07 Å². The number of hydrogen-bond donors (Lipinski definition) is 2. The zero-order chi connectivity index (χ0) is 14.0. The quantitative estimate of drug-likeness (QED) is 0.861. The Bertz CT molecular complexity index is 680. The van der Waals surface area contributed by atoms with Crippen LogP contribution < -0.4 is 10.0 Å². The first-order valence-electron chi connectivity index (χ1n) is 5.69. The molecule has 0 aromatic carbocycles. The molecule has 0 fully saturated rings. The lowest BCUT2D eigenvalue weighted by atomic mass is 10.3. The maximum atomic E-state index is 12.4. The number of sulfonamides is 1. The standard InChI is InChI=1S/C11H15N5O2S/c1-3-10-14-7-11(15-10)19(17,18)16(2)9-4-5-13-6-8(9)12/h4-7H,3,12H2,1-2H3,(H,14,15). The van der Waals surface area contributed by atoms with Crippen molar-refractivity contribution in [3.63, 3.8) is 0 Å². The zero-order valence-electron chi connectivity index (χ0n) is 10.7. The highest BCUT2D eigenvalue weighted by Crippen LogP contribution is 2.25. The number of anilines is 2. The summed E-state index contributed by atoms with van der Waals surface area (Å²) in [5.41, 5.74) is 6.41. The lowest BCUT2D eigenvalue weighted by Gasteiger charge is -2.19. The molecule has 0 bridgehead atoms. The van der Waals surface area contributed by atoms with Gasteiger partial charge in [0.2, 0.25) is 0 Å². The van der Waals surface area contributed by atoms with E-state index in [1.165, 1.54) is 25.6 Å².